The highest BCUT2D eigenvalue weighted by Crippen LogP contribution is 2.39. The van der Waals surface area contributed by atoms with Gasteiger partial charge >= 0.3 is 0 Å². The summed E-state index contributed by atoms with van der Waals surface area (Å²) in [6.45, 7) is 4.12. The van der Waals surface area contributed by atoms with Gasteiger partial charge in [0.05, 0.1) is 5.56 Å². The van der Waals surface area contributed by atoms with Crippen molar-refractivity contribution in [2.45, 2.75) is 52.0 Å². The van der Waals surface area contributed by atoms with Crippen LogP contribution in [-0.4, -0.2) is 11.9 Å². The summed E-state index contributed by atoms with van der Waals surface area (Å²) in [5.74, 6) is 0.611. The molecule has 0 fully saturated rings. The molecule has 0 radical (unpaired) electrons. The molecule has 0 aliphatic heterocycles. The number of amides is 1. The second-order valence-electron chi connectivity index (χ2n) is 5.73. The van der Waals surface area contributed by atoms with E-state index in [1.807, 2.05) is 6.92 Å². The first-order valence-electron chi connectivity index (χ1n) is 7.11. The number of nitrogens with one attached hydrogen (secondary N) is 1. The molecule has 2 rings (SSSR count). The van der Waals surface area contributed by atoms with Crippen LogP contribution in [0.4, 0.5) is 5.00 Å². The van der Waals surface area contributed by atoms with Gasteiger partial charge in [-0.3, -0.25) is 4.79 Å². The fourth-order valence-electron chi connectivity index (χ4n) is 2.51. The van der Waals surface area contributed by atoms with Gasteiger partial charge in [-0.1, -0.05) is 6.92 Å². The Kier molecular flexibility index (Phi) is 4.79. The van der Waals surface area contributed by atoms with E-state index in [2.05, 4.69) is 18.3 Å². The third-order valence-corrected chi connectivity index (χ3v) is 4.87. The topological polar surface area (TPSA) is 78.9 Å². The van der Waals surface area contributed by atoms with Crippen LogP contribution in [0.3, 0.4) is 0 Å². The molecule has 1 aromatic heterocycles. The number of thiophene rings is 1. The Morgan fingerprint density at radius 1 is 1.65 bits per heavy atom. The molecule has 0 bridgehead atoms. The summed E-state index contributed by atoms with van der Waals surface area (Å²) < 4.78 is 0. The van der Waals surface area contributed by atoms with E-state index in [-0.39, 0.29) is 11.9 Å². The lowest BCUT2D eigenvalue weighted by molar-refractivity contribution is -0.116. The Morgan fingerprint density at radius 2 is 2.40 bits per heavy atom. The van der Waals surface area contributed by atoms with Gasteiger partial charge in [0, 0.05) is 17.3 Å². The summed E-state index contributed by atoms with van der Waals surface area (Å²) in [6, 6.07) is 2.28. The van der Waals surface area contributed by atoms with Crippen LogP contribution in [0, 0.1) is 17.2 Å². The lowest BCUT2D eigenvalue weighted by Crippen LogP contribution is -2.19. The molecule has 108 valence electrons. The Hall–Kier alpha value is -1.38. The van der Waals surface area contributed by atoms with Gasteiger partial charge in [-0.25, -0.2) is 0 Å². The van der Waals surface area contributed by atoms with Crippen molar-refractivity contribution in [3.8, 4) is 6.07 Å². The van der Waals surface area contributed by atoms with Crippen LogP contribution in [-0.2, 0) is 17.6 Å². The summed E-state index contributed by atoms with van der Waals surface area (Å²) in [4.78, 5) is 13.2. The Balaban J connectivity index is 2.12. The summed E-state index contributed by atoms with van der Waals surface area (Å²) in [7, 11) is 0. The smallest absolute Gasteiger partial charge is 0.225 e. The van der Waals surface area contributed by atoms with Crippen LogP contribution in [0.25, 0.3) is 0 Å². The van der Waals surface area contributed by atoms with Gasteiger partial charge in [0.2, 0.25) is 5.91 Å². The van der Waals surface area contributed by atoms with E-state index in [1.165, 1.54) is 4.88 Å². The number of nitrogens with zero attached hydrogens (tertiary/aromatic N) is 1. The highest BCUT2D eigenvalue weighted by molar-refractivity contribution is 7.16. The maximum atomic E-state index is 11.9. The quantitative estimate of drug-likeness (QED) is 0.895. The number of fused-ring (bicyclic) bond motifs is 1. The molecule has 1 aliphatic rings. The van der Waals surface area contributed by atoms with Gasteiger partial charge in [0.15, 0.2) is 0 Å². The highest BCUT2D eigenvalue weighted by atomic mass is 32.1. The minimum Gasteiger partial charge on any atom is -0.328 e. The zero-order valence-electron chi connectivity index (χ0n) is 12.0. The van der Waals surface area contributed by atoms with Crippen molar-refractivity contribution >= 4 is 22.2 Å². The van der Waals surface area contributed by atoms with E-state index in [0.717, 1.165) is 29.8 Å². The Labute approximate surface area is 124 Å². The second kappa shape index (κ2) is 6.38. The van der Waals surface area contributed by atoms with Crippen molar-refractivity contribution in [1.29, 1.82) is 5.26 Å². The summed E-state index contributed by atoms with van der Waals surface area (Å²) in [5.41, 5.74) is 7.48. The fourth-order valence-corrected chi connectivity index (χ4v) is 3.88. The molecule has 5 heteroatoms. The molecule has 2 unspecified atom stereocenters. The average Bonchev–Trinajstić information content (AvgIpc) is 2.72. The molecular weight excluding hydrogens is 270 g/mol. The first kappa shape index (κ1) is 15.0. The zero-order valence-corrected chi connectivity index (χ0v) is 12.8. The number of carbonyl (C=O) groups excluding carboxylic acids is 1. The van der Waals surface area contributed by atoms with Crippen LogP contribution < -0.4 is 11.1 Å². The third kappa shape index (κ3) is 3.38. The summed E-state index contributed by atoms with van der Waals surface area (Å²) >= 11 is 1.57. The molecule has 4 nitrogen and oxygen atoms in total. The van der Waals surface area contributed by atoms with E-state index in [0.29, 0.717) is 24.3 Å². The zero-order chi connectivity index (χ0) is 14.7. The summed E-state index contributed by atoms with van der Waals surface area (Å²) in [5, 5.41) is 13.0. The largest absolute Gasteiger partial charge is 0.328 e. The van der Waals surface area contributed by atoms with E-state index >= 15 is 0 Å². The number of nitriles is 1. The molecule has 1 aliphatic carbocycles. The number of rotatable bonds is 4. The lowest BCUT2D eigenvalue weighted by Gasteiger charge is -2.17. The highest BCUT2D eigenvalue weighted by Gasteiger charge is 2.24. The molecule has 2 atom stereocenters. The number of nitrogens with two attached hydrogens (primary N) is 1. The molecule has 0 spiro atoms. The van der Waals surface area contributed by atoms with Gasteiger partial charge in [-0.15, -0.1) is 11.3 Å². The molecule has 0 saturated heterocycles. The molecule has 0 aromatic carbocycles. The average molecular weight is 291 g/mol. The Bertz CT molecular complexity index is 542. The summed E-state index contributed by atoms with van der Waals surface area (Å²) in [6.07, 6.45) is 4.16. The maximum Gasteiger partial charge on any atom is 0.225 e. The van der Waals surface area contributed by atoms with Crippen molar-refractivity contribution in [3.63, 3.8) is 0 Å². The van der Waals surface area contributed by atoms with Crippen LogP contribution in [0.2, 0.25) is 0 Å². The normalized spacial score (nSPS) is 19.0. The van der Waals surface area contributed by atoms with Crippen LogP contribution in [0.5, 0.6) is 0 Å². The van der Waals surface area contributed by atoms with E-state index in [9.17, 15) is 10.1 Å². The number of carbonyl (C=O) groups is 1. The number of hydrogen-bond donors (Lipinski definition) is 2. The van der Waals surface area contributed by atoms with E-state index in [1.54, 1.807) is 11.3 Å². The SMILES string of the molecule is CC(N)CCC(=O)Nc1sc2c(c1C#N)CCC(C)C2. The minimum atomic E-state index is -0.0505. The lowest BCUT2D eigenvalue weighted by atomic mass is 9.88. The van der Waals surface area contributed by atoms with Crippen LogP contribution >= 0.6 is 11.3 Å². The third-order valence-electron chi connectivity index (χ3n) is 3.70. The molecular formula is C15H21N3OS. The van der Waals surface area contributed by atoms with E-state index in [4.69, 9.17) is 5.73 Å². The predicted octanol–water partition coefficient (Wildman–Crippen LogP) is 2.81. The van der Waals surface area contributed by atoms with Crippen molar-refractivity contribution in [2.75, 3.05) is 5.32 Å². The maximum absolute atomic E-state index is 11.9. The fraction of sp³-hybridized carbons (Fsp3) is 0.600. The molecule has 1 aromatic rings. The van der Waals surface area contributed by atoms with Crippen molar-refractivity contribution in [2.24, 2.45) is 11.7 Å². The molecule has 20 heavy (non-hydrogen) atoms. The minimum absolute atomic E-state index is 0.0218. The first-order chi connectivity index (χ1) is 9.51. The first-order valence-corrected chi connectivity index (χ1v) is 7.93. The standard InChI is InChI=1S/C15H21N3OS/c1-9-3-5-11-12(8-16)15(20-13(11)7-9)18-14(19)6-4-10(2)17/h9-10H,3-7,17H2,1-2H3,(H,18,19). The number of anilines is 1. The van der Waals surface area contributed by atoms with Crippen molar-refractivity contribution in [3.05, 3.63) is 16.0 Å². The monoisotopic (exact) mass is 291 g/mol. The van der Waals surface area contributed by atoms with Crippen LogP contribution in [0.15, 0.2) is 0 Å². The molecule has 0 saturated carbocycles. The van der Waals surface area contributed by atoms with Crippen LogP contribution in [0.1, 0.15) is 49.1 Å². The van der Waals surface area contributed by atoms with Gasteiger partial charge in [-0.05, 0) is 44.1 Å². The number of hydrogen-bond acceptors (Lipinski definition) is 4. The van der Waals surface area contributed by atoms with E-state index < -0.39 is 0 Å². The van der Waals surface area contributed by atoms with Crippen molar-refractivity contribution < 1.29 is 4.79 Å². The molecule has 1 heterocycles. The molecule has 3 N–H and O–H groups in total. The van der Waals surface area contributed by atoms with Gasteiger partial charge in [0.25, 0.3) is 0 Å². The Morgan fingerprint density at radius 3 is 3.05 bits per heavy atom. The predicted molar refractivity (Wildman–Crippen MR) is 81.7 cm³/mol. The van der Waals surface area contributed by atoms with Gasteiger partial charge in [-0.2, -0.15) is 5.26 Å². The second-order valence-corrected chi connectivity index (χ2v) is 6.84. The van der Waals surface area contributed by atoms with Gasteiger partial charge in [0.1, 0.15) is 11.1 Å². The van der Waals surface area contributed by atoms with Gasteiger partial charge < -0.3 is 11.1 Å². The molecule has 1 amide bonds. The van der Waals surface area contributed by atoms with Crippen molar-refractivity contribution in [1.82, 2.24) is 0 Å².